The molecule has 0 bridgehead atoms. The van der Waals surface area contributed by atoms with E-state index in [0.29, 0.717) is 18.7 Å². The predicted molar refractivity (Wildman–Crippen MR) is 83.1 cm³/mol. The van der Waals surface area contributed by atoms with Crippen LogP contribution in [0.1, 0.15) is 16.8 Å². The van der Waals surface area contributed by atoms with E-state index < -0.39 is 0 Å². The number of aromatic nitrogens is 2. The van der Waals surface area contributed by atoms with Crippen LogP contribution in [0, 0.1) is 0 Å². The molecule has 3 rings (SSSR count). The van der Waals surface area contributed by atoms with Crippen LogP contribution in [0.5, 0.6) is 17.2 Å². The number of thioether (sulfide) groups is 1. The van der Waals surface area contributed by atoms with Gasteiger partial charge in [-0.15, -0.1) is 0 Å². The van der Waals surface area contributed by atoms with Crippen molar-refractivity contribution in [3.63, 3.8) is 0 Å². The molecule has 0 radical (unpaired) electrons. The Balaban J connectivity index is 1.78. The second-order valence-electron chi connectivity index (χ2n) is 5.25. The van der Waals surface area contributed by atoms with Crippen LogP contribution >= 0.6 is 11.8 Å². The summed E-state index contributed by atoms with van der Waals surface area (Å²) in [5, 5.41) is 29.9. The molecule has 0 atom stereocenters. The molecule has 0 amide bonds. The minimum Gasteiger partial charge on any atom is -0.508 e. The molecule has 2 aromatic rings. The van der Waals surface area contributed by atoms with E-state index in [1.165, 1.54) is 23.9 Å². The summed E-state index contributed by atoms with van der Waals surface area (Å²) in [7, 11) is 0. The fraction of sp³-hybridized carbons (Fsp3) is 0.333. The van der Waals surface area contributed by atoms with Gasteiger partial charge in [-0.25, -0.2) is 9.97 Å². The third kappa shape index (κ3) is 2.95. The molecule has 7 heteroatoms. The van der Waals surface area contributed by atoms with Gasteiger partial charge in [-0.2, -0.15) is 0 Å². The normalized spacial score (nSPS) is 14.8. The smallest absolute Gasteiger partial charge is 0.187 e. The van der Waals surface area contributed by atoms with Gasteiger partial charge in [0, 0.05) is 55.5 Å². The molecule has 1 aliphatic rings. The first-order valence-corrected chi connectivity index (χ1v) is 8.14. The van der Waals surface area contributed by atoms with E-state index >= 15 is 0 Å². The van der Waals surface area contributed by atoms with Crippen LogP contribution in [-0.2, 0) is 19.5 Å². The van der Waals surface area contributed by atoms with Gasteiger partial charge < -0.3 is 15.3 Å². The second-order valence-corrected chi connectivity index (χ2v) is 6.03. The maximum absolute atomic E-state index is 9.89. The highest BCUT2D eigenvalue weighted by Crippen LogP contribution is 2.33. The molecule has 0 saturated heterocycles. The Morgan fingerprint density at radius 2 is 1.95 bits per heavy atom. The molecule has 1 aliphatic heterocycles. The van der Waals surface area contributed by atoms with Crippen molar-refractivity contribution in [2.24, 2.45) is 0 Å². The summed E-state index contributed by atoms with van der Waals surface area (Å²) < 4.78 is 0. The molecule has 0 fully saturated rings. The third-order valence-electron chi connectivity index (χ3n) is 3.74. The average molecular weight is 319 g/mol. The maximum atomic E-state index is 9.89. The van der Waals surface area contributed by atoms with E-state index in [1.54, 1.807) is 0 Å². The number of fused-ring (bicyclic) bond motifs is 1. The standard InChI is InChI=1S/C15H17N3O3S/c1-22-15-16-6-9-7-18(3-2-12(9)17-15)8-11-13(20)4-10(19)5-14(11)21/h4-6,19-21H,2-3,7-8H2,1H3. The van der Waals surface area contributed by atoms with Gasteiger partial charge in [0.1, 0.15) is 17.2 Å². The van der Waals surface area contributed by atoms with Crippen molar-refractivity contribution in [2.75, 3.05) is 12.8 Å². The number of rotatable bonds is 3. The number of hydrogen-bond acceptors (Lipinski definition) is 7. The molecule has 0 aliphatic carbocycles. The zero-order valence-electron chi connectivity index (χ0n) is 12.2. The molecule has 1 aromatic carbocycles. The van der Waals surface area contributed by atoms with Crippen LogP contribution in [0.25, 0.3) is 0 Å². The van der Waals surface area contributed by atoms with Gasteiger partial charge >= 0.3 is 0 Å². The topological polar surface area (TPSA) is 89.7 Å². The highest BCUT2D eigenvalue weighted by Gasteiger charge is 2.21. The second kappa shape index (κ2) is 6.02. The summed E-state index contributed by atoms with van der Waals surface area (Å²) in [6, 6.07) is 2.47. The largest absolute Gasteiger partial charge is 0.508 e. The molecule has 6 nitrogen and oxygen atoms in total. The minimum absolute atomic E-state index is 0.0997. The fourth-order valence-corrected chi connectivity index (χ4v) is 2.96. The third-order valence-corrected chi connectivity index (χ3v) is 4.30. The van der Waals surface area contributed by atoms with Crippen molar-refractivity contribution in [2.45, 2.75) is 24.7 Å². The monoisotopic (exact) mass is 319 g/mol. The van der Waals surface area contributed by atoms with Crippen molar-refractivity contribution in [3.05, 3.63) is 35.2 Å². The van der Waals surface area contributed by atoms with E-state index in [4.69, 9.17) is 0 Å². The molecule has 3 N–H and O–H groups in total. The predicted octanol–water partition coefficient (Wildman–Crippen LogP) is 1.87. The first-order valence-electron chi connectivity index (χ1n) is 6.91. The summed E-state index contributed by atoms with van der Waals surface area (Å²) in [6.45, 7) is 1.86. The Morgan fingerprint density at radius 3 is 2.64 bits per heavy atom. The summed E-state index contributed by atoms with van der Waals surface area (Å²) in [4.78, 5) is 10.9. The van der Waals surface area contributed by atoms with Crippen LogP contribution in [-0.4, -0.2) is 43.0 Å². The molecule has 116 valence electrons. The van der Waals surface area contributed by atoms with Gasteiger partial charge in [0.2, 0.25) is 0 Å². The van der Waals surface area contributed by atoms with Crippen LogP contribution in [0.2, 0.25) is 0 Å². The van der Waals surface area contributed by atoms with Crippen molar-refractivity contribution in [3.8, 4) is 17.2 Å². The van der Waals surface area contributed by atoms with Crippen LogP contribution in [0.4, 0.5) is 0 Å². The van der Waals surface area contributed by atoms with Crippen molar-refractivity contribution in [1.29, 1.82) is 0 Å². The maximum Gasteiger partial charge on any atom is 0.187 e. The minimum atomic E-state index is -0.152. The molecule has 2 heterocycles. The van der Waals surface area contributed by atoms with Crippen LogP contribution in [0.3, 0.4) is 0 Å². The lowest BCUT2D eigenvalue weighted by atomic mass is 10.1. The lowest BCUT2D eigenvalue weighted by Gasteiger charge is -2.28. The number of nitrogens with zero attached hydrogens (tertiary/aromatic N) is 3. The number of benzene rings is 1. The van der Waals surface area contributed by atoms with Crippen molar-refractivity contribution >= 4 is 11.8 Å². The van der Waals surface area contributed by atoms with Gasteiger partial charge in [-0.05, 0) is 6.26 Å². The highest BCUT2D eigenvalue weighted by atomic mass is 32.2. The first kappa shape index (κ1) is 14.9. The number of aromatic hydroxyl groups is 3. The molecule has 22 heavy (non-hydrogen) atoms. The molecule has 0 saturated carbocycles. The Hall–Kier alpha value is -1.99. The van der Waals surface area contributed by atoms with E-state index in [2.05, 4.69) is 14.9 Å². The van der Waals surface area contributed by atoms with E-state index in [9.17, 15) is 15.3 Å². The van der Waals surface area contributed by atoms with Gasteiger partial charge in [-0.3, -0.25) is 4.90 Å². The summed E-state index contributed by atoms with van der Waals surface area (Å²) >= 11 is 1.52. The Morgan fingerprint density at radius 1 is 1.23 bits per heavy atom. The molecular weight excluding hydrogens is 302 g/mol. The molecule has 1 aromatic heterocycles. The van der Waals surface area contributed by atoms with E-state index in [0.717, 1.165) is 29.4 Å². The Kier molecular flexibility index (Phi) is 4.08. The number of phenols is 3. The first-order chi connectivity index (χ1) is 10.6. The van der Waals surface area contributed by atoms with Crippen molar-refractivity contribution in [1.82, 2.24) is 14.9 Å². The molecular formula is C15H17N3O3S. The quantitative estimate of drug-likeness (QED) is 0.588. The number of phenolic OH excluding ortho intramolecular Hbond substituents is 3. The summed E-state index contributed by atoms with van der Waals surface area (Å²) in [6.07, 6.45) is 4.61. The highest BCUT2D eigenvalue weighted by molar-refractivity contribution is 7.98. The lowest BCUT2D eigenvalue weighted by molar-refractivity contribution is 0.235. The fourth-order valence-electron chi connectivity index (χ4n) is 2.60. The summed E-state index contributed by atoms with van der Waals surface area (Å²) in [5.74, 6) is -0.352. The van der Waals surface area contributed by atoms with Gasteiger partial charge in [0.05, 0.1) is 5.69 Å². The SMILES string of the molecule is CSc1ncc2c(n1)CCN(Cc1c(O)cc(O)cc1O)C2. The summed E-state index contributed by atoms with van der Waals surface area (Å²) in [5.41, 5.74) is 2.56. The van der Waals surface area contributed by atoms with Gasteiger partial charge in [0.15, 0.2) is 5.16 Å². The number of hydrogen-bond donors (Lipinski definition) is 3. The van der Waals surface area contributed by atoms with Crippen LogP contribution in [0.15, 0.2) is 23.5 Å². The zero-order valence-corrected chi connectivity index (χ0v) is 13.0. The van der Waals surface area contributed by atoms with E-state index in [-0.39, 0.29) is 17.2 Å². The zero-order chi connectivity index (χ0) is 15.7. The van der Waals surface area contributed by atoms with Gasteiger partial charge in [0.25, 0.3) is 0 Å². The Bertz CT molecular complexity index is 685. The molecule has 0 unspecified atom stereocenters. The van der Waals surface area contributed by atoms with Gasteiger partial charge in [-0.1, -0.05) is 11.8 Å². The lowest BCUT2D eigenvalue weighted by Crippen LogP contribution is -2.31. The van der Waals surface area contributed by atoms with Crippen LogP contribution < -0.4 is 0 Å². The Labute approximate surface area is 132 Å². The van der Waals surface area contributed by atoms with Crippen molar-refractivity contribution < 1.29 is 15.3 Å². The molecule has 0 spiro atoms. The average Bonchev–Trinajstić information content (AvgIpc) is 2.50. The van der Waals surface area contributed by atoms with E-state index in [1.807, 2.05) is 12.5 Å².